The second kappa shape index (κ2) is 10.1. The van der Waals surface area contributed by atoms with Crippen molar-refractivity contribution in [2.45, 2.75) is 32.9 Å². The number of nitrogen functional groups attached to an aromatic ring is 2. The van der Waals surface area contributed by atoms with E-state index in [0.29, 0.717) is 29.0 Å². The van der Waals surface area contributed by atoms with Gasteiger partial charge in [0.25, 0.3) is 5.91 Å². The van der Waals surface area contributed by atoms with Gasteiger partial charge in [-0.25, -0.2) is 14.8 Å². The molecule has 0 unspecified atom stereocenters. The van der Waals surface area contributed by atoms with Crippen LogP contribution in [0.5, 0.6) is 0 Å². The number of amides is 2. The van der Waals surface area contributed by atoms with Crippen LogP contribution in [0.4, 0.5) is 22.2 Å². The van der Waals surface area contributed by atoms with Crippen molar-refractivity contribution in [1.29, 1.82) is 0 Å². The van der Waals surface area contributed by atoms with Crippen molar-refractivity contribution in [3.63, 3.8) is 0 Å². The summed E-state index contributed by atoms with van der Waals surface area (Å²) in [7, 11) is 1.89. The SMILES string of the molecule is CN(Cc1cnc2nc(N)nc(N)c2n1)c1ccc(C(=O)NCCNC(=O)OC(C)(C)C)cc1. The molecule has 2 aromatic heterocycles. The Morgan fingerprint density at radius 2 is 1.71 bits per heavy atom. The fourth-order valence-electron chi connectivity index (χ4n) is 3.02. The number of ether oxygens (including phenoxy) is 1. The van der Waals surface area contributed by atoms with Crippen LogP contribution in [0.1, 0.15) is 36.8 Å². The van der Waals surface area contributed by atoms with Crippen molar-refractivity contribution in [3.05, 3.63) is 41.7 Å². The van der Waals surface area contributed by atoms with Crippen molar-refractivity contribution >= 4 is 40.6 Å². The average Bonchev–Trinajstić information content (AvgIpc) is 2.76. The minimum Gasteiger partial charge on any atom is -0.444 e. The number of nitrogens with two attached hydrogens (primary N) is 2. The molecule has 3 aromatic rings. The highest BCUT2D eigenvalue weighted by atomic mass is 16.6. The van der Waals surface area contributed by atoms with Gasteiger partial charge in [-0.15, -0.1) is 0 Å². The Kier molecular flexibility index (Phi) is 7.29. The second-order valence-corrected chi connectivity index (χ2v) is 8.59. The molecule has 12 heteroatoms. The Morgan fingerprint density at radius 3 is 2.38 bits per heavy atom. The minimum atomic E-state index is -0.570. The topological polar surface area (TPSA) is 174 Å². The number of hydrogen-bond acceptors (Lipinski definition) is 10. The van der Waals surface area contributed by atoms with E-state index in [4.69, 9.17) is 16.2 Å². The molecule has 6 N–H and O–H groups in total. The molecule has 0 atom stereocenters. The van der Waals surface area contributed by atoms with Crippen LogP contribution in [0.15, 0.2) is 30.5 Å². The molecule has 0 saturated carbocycles. The quantitative estimate of drug-likeness (QED) is 0.372. The minimum absolute atomic E-state index is 0.0487. The lowest BCUT2D eigenvalue weighted by molar-refractivity contribution is 0.0526. The fraction of sp³-hybridized carbons (Fsp3) is 0.364. The first-order chi connectivity index (χ1) is 16.0. The van der Waals surface area contributed by atoms with Crippen LogP contribution in [-0.4, -0.2) is 57.7 Å². The summed E-state index contributed by atoms with van der Waals surface area (Å²) in [5.74, 6) is -0.0147. The summed E-state index contributed by atoms with van der Waals surface area (Å²) in [5.41, 5.74) is 13.7. The third-order valence-electron chi connectivity index (χ3n) is 4.55. The zero-order valence-corrected chi connectivity index (χ0v) is 19.6. The van der Waals surface area contributed by atoms with Crippen molar-refractivity contribution in [3.8, 4) is 0 Å². The Morgan fingerprint density at radius 1 is 1.03 bits per heavy atom. The number of nitrogens with zero attached hydrogens (tertiary/aromatic N) is 5. The first-order valence-corrected chi connectivity index (χ1v) is 10.6. The third-order valence-corrected chi connectivity index (χ3v) is 4.55. The van der Waals surface area contributed by atoms with Gasteiger partial charge in [-0.1, -0.05) is 0 Å². The molecular formula is C22H29N9O3. The van der Waals surface area contributed by atoms with Crippen LogP contribution < -0.4 is 27.0 Å². The van der Waals surface area contributed by atoms with Gasteiger partial charge < -0.3 is 31.7 Å². The molecule has 34 heavy (non-hydrogen) atoms. The Bertz CT molecular complexity index is 1180. The molecule has 2 heterocycles. The van der Waals surface area contributed by atoms with Crippen molar-refractivity contribution in [2.24, 2.45) is 0 Å². The van der Waals surface area contributed by atoms with Gasteiger partial charge in [0.15, 0.2) is 17.0 Å². The van der Waals surface area contributed by atoms with Crippen molar-refractivity contribution in [1.82, 2.24) is 30.6 Å². The van der Waals surface area contributed by atoms with Crippen LogP contribution in [-0.2, 0) is 11.3 Å². The second-order valence-electron chi connectivity index (χ2n) is 8.59. The number of carbonyl (C=O) groups is 2. The van der Waals surface area contributed by atoms with Crippen LogP contribution in [0.3, 0.4) is 0 Å². The maximum Gasteiger partial charge on any atom is 0.407 e. The molecule has 0 aliphatic rings. The Balaban J connectivity index is 1.53. The highest BCUT2D eigenvalue weighted by Gasteiger charge is 2.15. The van der Waals surface area contributed by atoms with Crippen LogP contribution in [0.2, 0.25) is 0 Å². The van der Waals surface area contributed by atoms with Crippen LogP contribution in [0.25, 0.3) is 11.2 Å². The van der Waals surface area contributed by atoms with Gasteiger partial charge in [0.1, 0.15) is 5.60 Å². The normalized spacial score (nSPS) is 11.2. The summed E-state index contributed by atoms with van der Waals surface area (Å²) >= 11 is 0. The molecule has 0 aliphatic heterocycles. The molecule has 0 spiro atoms. The standard InChI is InChI=1S/C22H29N9O3/c1-22(2,3)34-21(33)26-10-9-25-19(32)13-5-7-15(8-6-13)31(4)12-14-11-27-18-16(28-14)17(23)29-20(24)30-18/h5-8,11H,9-10,12H2,1-4H3,(H,25,32)(H,26,33)(H4,23,24,27,29,30). The maximum atomic E-state index is 12.4. The molecule has 0 radical (unpaired) electrons. The van der Waals surface area contributed by atoms with E-state index in [1.54, 1.807) is 39.1 Å². The molecular weight excluding hydrogens is 438 g/mol. The van der Waals surface area contributed by atoms with Gasteiger partial charge in [0, 0.05) is 31.4 Å². The molecule has 0 fully saturated rings. The molecule has 0 saturated heterocycles. The number of nitrogens with one attached hydrogen (secondary N) is 2. The summed E-state index contributed by atoms with van der Waals surface area (Å²) in [4.78, 5) is 42.6. The van der Waals surface area contributed by atoms with E-state index < -0.39 is 11.7 Å². The van der Waals surface area contributed by atoms with Gasteiger partial charge in [0.05, 0.1) is 18.4 Å². The first-order valence-electron chi connectivity index (χ1n) is 10.6. The lowest BCUT2D eigenvalue weighted by Gasteiger charge is -2.20. The molecule has 2 amide bonds. The van der Waals surface area contributed by atoms with E-state index in [2.05, 4.69) is 30.6 Å². The summed E-state index contributed by atoms with van der Waals surface area (Å²) in [5, 5.41) is 5.35. The van der Waals surface area contributed by atoms with Gasteiger partial charge in [-0.2, -0.15) is 9.97 Å². The number of aromatic nitrogens is 4. The first kappa shape index (κ1) is 24.4. The zero-order valence-electron chi connectivity index (χ0n) is 19.6. The summed E-state index contributed by atoms with van der Waals surface area (Å²) in [6.45, 7) is 6.34. The average molecular weight is 468 g/mol. The molecule has 12 nitrogen and oxygen atoms in total. The van der Waals surface area contributed by atoms with E-state index in [9.17, 15) is 9.59 Å². The van der Waals surface area contributed by atoms with E-state index in [-0.39, 0.29) is 30.8 Å². The molecule has 3 rings (SSSR count). The van der Waals surface area contributed by atoms with E-state index in [1.165, 1.54) is 0 Å². The van der Waals surface area contributed by atoms with Gasteiger partial charge in [-0.05, 0) is 45.0 Å². The number of alkyl carbamates (subject to hydrolysis) is 1. The number of carbonyl (C=O) groups excluding carboxylic acids is 2. The third kappa shape index (κ3) is 6.64. The predicted molar refractivity (Wildman–Crippen MR) is 129 cm³/mol. The van der Waals surface area contributed by atoms with E-state index >= 15 is 0 Å². The number of benzene rings is 1. The number of anilines is 3. The largest absolute Gasteiger partial charge is 0.444 e. The maximum absolute atomic E-state index is 12.4. The molecule has 1 aromatic carbocycles. The summed E-state index contributed by atoms with van der Waals surface area (Å²) in [6, 6.07) is 7.12. The van der Waals surface area contributed by atoms with Crippen LogP contribution >= 0.6 is 0 Å². The van der Waals surface area contributed by atoms with Gasteiger partial charge in [-0.3, -0.25) is 4.79 Å². The lowest BCUT2D eigenvalue weighted by Crippen LogP contribution is -2.37. The summed E-state index contributed by atoms with van der Waals surface area (Å²) < 4.78 is 5.15. The number of hydrogen-bond donors (Lipinski definition) is 4. The highest BCUT2D eigenvalue weighted by Crippen LogP contribution is 2.18. The van der Waals surface area contributed by atoms with Crippen molar-refractivity contribution < 1.29 is 14.3 Å². The Labute approximate surface area is 197 Å². The fourth-order valence-corrected chi connectivity index (χ4v) is 3.02. The van der Waals surface area contributed by atoms with Gasteiger partial charge >= 0.3 is 6.09 Å². The smallest absolute Gasteiger partial charge is 0.407 e. The van der Waals surface area contributed by atoms with E-state index in [1.807, 2.05) is 24.1 Å². The van der Waals surface area contributed by atoms with E-state index in [0.717, 1.165) is 5.69 Å². The highest BCUT2D eigenvalue weighted by molar-refractivity contribution is 5.94. The van der Waals surface area contributed by atoms with Crippen molar-refractivity contribution in [2.75, 3.05) is 36.5 Å². The summed E-state index contributed by atoms with van der Waals surface area (Å²) in [6.07, 6.45) is 1.09. The monoisotopic (exact) mass is 467 g/mol. The lowest BCUT2D eigenvalue weighted by atomic mass is 10.2. The number of fused-ring (bicyclic) bond motifs is 1. The molecule has 180 valence electrons. The molecule has 0 aliphatic carbocycles. The predicted octanol–water partition coefficient (Wildman–Crippen LogP) is 1.48. The number of rotatable bonds is 7. The zero-order chi connectivity index (χ0) is 24.9. The van der Waals surface area contributed by atoms with Gasteiger partial charge in [0.2, 0.25) is 5.95 Å². The Hall–Kier alpha value is -4.22. The molecule has 0 bridgehead atoms. The van der Waals surface area contributed by atoms with Crippen LogP contribution in [0, 0.1) is 0 Å².